The third-order valence-electron chi connectivity index (χ3n) is 7.26. The number of benzene rings is 1. The van der Waals surface area contributed by atoms with Gasteiger partial charge in [0, 0.05) is 37.9 Å². The van der Waals surface area contributed by atoms with Gasteiger partial charge in [-0.25, -0.2) is 4.79 Å². The molecule has 1 fully saturated rings. The summed E-state index contributed by atoms with van der Waals surface area (Å²) in [7, 11) is 1.41. The number of carbonyl (C=O) groups excluding carboxylic acids is 1. The summed E-state index contributed by atoms with van der Waals surface area (Å²) in [5.74, 6) is 0.305. The zero-order valence-electron chi connectivity index (χ0n) is 19.5. The molecule has 1 aliphatic heterocycles. The lowest BCUT2D eigenvalue weighted by atomic mass is 9.83. The van der Waals surface area contributed by atoms with Gasteiger partial charge in [-0.1, -0.05) is 6.07 Å². The molecule has 0 saturated heterocycles. The van der Waals surface area contributed by atoms with E-state index in [0.29, 0.717) is 38.3 Å². The Morgan fingerprint density at radius 2 is 1.76 bits per heavy atom. The van der Waals surface area contributed by atoms with E-state index in [1.54, 1.807) is 15.3 Å². The van der Waals surface area contributed by atoms with Crippen molar-refractivity contribution < 1.29 is 22.7 Å². The Morgan fingerprint density at radius 1 is 1.06 bits per heavy atom. The highest BCUT2D eigenvalue weighted by Crippen LogP contribution is 2.34. The van der Waals surface area contributed by atoms with Gasteiger partial charge in [-0.3, -0.25) is 18.8 Å². The Morgan fingerprint density at radius 3 is 2.44 bits per heavy atom. The van der Waals surface area contributed by atoms with Crippen LogP contribution in [0, 0.1) is 5.92 Å². The molecular formula is C25H32F3N3O3. The van der Waals surface area contributed by atoms with Crippen LogP contribution in [0.25, 0.3) is 5.69 Å². The van der Waals surface area contributed by atoms with Gasteiger partial charge in [0.2, 0.25) is 0 Å². The fourth-order valence-corrected chi connectivity index (χ4v) is 5.32. The molecule has 1 saturated carbocycles. The van der Waals surface area contributed by atoms with Crippen LogP contribution in [0.15, 0.2) is 35.4 Å². The smallest absolute Gasteiger partial charge is 0.401 e. The van der Waals surface area contributed by atoms with Crippen LogP contribution >= 0.6 is 0 Å². The zero-order valence-corrected chi connectivity index (χ0v) is 19.5. The van der Waals surface area contributed by atoms with Crippen molar-refractivity contribution in [3.63, 3.8) is 0 Å². The average molecular weight is 480 g/mol. The number of aromatic nitrogens is 2. The van der Waals surface area contributed by atoms with E-state index in [0.717, 1.165) is 48.9 Å². The number of alkyl halides is 3. The SMILES string of the molecule is COC(=O)CC[C@H]1CC[C@H](n2ccn(-c3ccc4c(c3)CCN(CC(F)(F)F)CC4)c2=O)CC1. The van der Waals surface area contributed by atoms with Gasteiger partial charge in [-0.2, -0.15) is 13.2 Å². The molecule has 0 bridgehead atoms. The molecule has 0 atom stereocenters. The number of hydrogen-bond donors (Lipinski definition) is 0. The molecule has 0 spiro atoms. The summed E-state index contributed by atoms with van der Waals surface area (Å²) in [5.41, 5.74) is 2.71. The third-order valence-corrected chi connectivity index (χ3v) is 7.26. The van der Waals surface area contributed by atoms with Crippen LogP contribution in [-0.2, 0) is 22.4 Å². The molecule has 2 aromatic rings. The lowest BCUT2D eigenvalue weighted by Gasteiger charge is -2.28. The molecule has 34 heavy (non-hydrogen) atoms. The van der Waals surface area contributed by atoms with Gasteiger partial charge in [-0.05, 0) is 74.1 Å². The molecule has 186 valence electrons. The summed E-state index contributed by atoms with van der Waals surface area (Å²) < 4.78 is 46.5. The van der Waals surface area contributed by atoms with E-state index in [2.05, 4.69) is 0 Å². The molecule has 9 heteroatoms. The number of halogens is 3. The quantitative estimate of drug-likeness (QED) is 0.581. The van der Waals surface area contributed by atoms with Crippen molar-refractivity contribution in [1.29, 1.82) is 0 Å². The van der Waals surface area contributed by atoms with Crippen LogP contribution in [-0.4, -0.2) is 52.9 Å². The Hall–Kier alpha value is -2.55. The van der Waals surface area contributed by atoms with Crippen molar-refractivity contribution in [3.05, 3.63) is 52.2 Å². The van der Waals surface area contributed by atoms with Gasteiger partial charge in [0.15, 0.2) is 0 Å². The van der Waals surface area contributed by atoms with Crippen LogP contribution in [0.1, 0.15) is 55.7 Å². The second-order valence-electron chi connectivity index (χ2n) is 9.49. The maximum absolute atomic E-state index is 13.2. The second kappa shape index (κ2) is 10.4. The van der Waals surface area contributed by atoms with Crippen molar-refractivity contribution in [1.82, 2.24) is 14.0 Å². The Labute approximate surface area is 197 Å². The van der Waals surface area contributed by atoms with Crippen LogP contribution in [0.2, 0.25) is 0 Å². The van der Waals surface area contributed by atoms with E-state index in [9.17, 15) is 22.8 Å². The molecule has 4 rings (SSSR count). The van der Waals surface area contributed by atoms with Gasteiger partial charge in [-0.15, -0.1) is 0 Å². The predicted octanol–water partition coefficient (Wildman–Crippen LogP) is 4.29. The van der Waals surface area contributed by atoms with Crippen LogP contribution in [0.5, 0.6) is 0 Å². The number of fused-ring (bicyclic) bond motifs is 1. The van der Waals surface area contributed by atoms with Crippen LogP contribution in [0.3, 0.4) is 0 Å². The van der Waals surface area contributed by atoms with Crippen LogP contribution in [0.4, 0.5) is 13.2 Å². The van der Waals surface area contributed by atoms with Gasteiger partial charge in [0.1, 0.15) is 0 Å². The van der Waals surface area contributed by atoms with E-state index in [4.69, 9.17) is 4.74 Å². The maximum atomic E-state index is 13.2. The minimum atomic E-state index is -4.20. The van der Waals surface area contributed by atoms with E-state index in [1.807, 2.05) is 24.4 Å². The molecule has 2 heterocycles. The highest BCUT2D eigenvalue weighted by atomic mass is 19.4. The fourth-order valence-electron chi connectivity index (χ4n) is 5.32. The normalized spacial score (nSPS) is 21.6. The summed E-state index contributed by atoms with van der Waals surface area (Å²) in [4.78, 5) is 26.0. The first-order valence-corrected chi connectivity index (χ1v) is 12.0. The van der Waals surface area contributed by atoms with Gasteiger partial charge in [0.05, 0.1) is 19.3 Å². The first-order chi connectivity index (χ1) is 16.2. The number of hydrogen-bond acceptors (Lipinski definition) is 4. The Balaban J connectivity index is 1.41. The molecule has 6 nitrogen and oxygen atoms in total. The topological polar surface area (TPSA) is 56.5 Å². The molecule has 1 aromatic heterocycles. The van der Waals surface area contributed by atoms with E-state index in [-0.39, 0.29) is 17.7 Å². The minimum absolute atomic E-state index is 0.0923. The number of rotatable bonds is 6. The molecule has 1 aliphatic carbocycles. The lowest BCUT2D eigenvalue weighted by Crippen LogP contribution is -2.35. The molecule has 1 aromatic carbocycles. The van der Waals surface area contributed by atoms with Gasteiger partial charge >= 0.3 is 17.8 Å². The summed E-state index contributed by atoms with van der Waals surface area (Å²) in [6, 6.07) is 5.91. The largest absolute Gasteiger partial charge is 0.469 e. The zero-order chi connectivity index (χ0) is 24.3. The Kier molecular flexibility index (Phi) is 7.50. The number of esters is 1. The molecule has 2 aliphatic rings. The third kappa shape index (κ3) is 5.92. The van der Waals surface area contributed by atoms with Crippen molar-refractivity contribution in [2.24, 2.45) is 5.92 Å². The van der Waals surface area contributed by atoms with Crippen molar-refractivity contribution in [2.45, 2.75) is 63.6 Å². The van der Waals surface area contributed by atoms with Gasteiger partial charge in [0.25, 0.3) is 0 Å². The summed E-state index contributed by atoms with van der Waals surface area (Å²) in [6.07, 6.45) is 5.53. The highest BCUT2D eigenvalue weighted by Gasteiger charge is 2.31. The predicted molar refractivity (Wildman–Crippen MR) is 122 cm³/mol. The molecule has 0 amide bonds. The monoisotopic (exact) mass is 479 g/mol. The van der Waals surface area contributed by atoms with Crippen molar-refractivity contribution in [2.75, 3.05) is 26.7 Å². The summed E-state index contributed by atoms with van der Waals surface area (Å²) >= 11 is 0. The van der Waals surface area contributed by atoms with E-state index >= 15 is 0 Å². The first-order valence-electron chi connectivity index (χ1n) is 12.0. The number of methoxy groups -OCH3 is 1. The standard InChI is InChI=1S/C25H32F3N3O3/c1-34-23(32)9-4-18-2-6-21(7-3-18)30-14-15-31(24(30)33)22-8-5-19-10-12-29(17-25(26,27)28)13-11-20(19)16-22/h5,8,14-16,18,21H,2-4,6-7,9-13,17H2,1H3/t18-,21-. The number of imidazole rings is 1. The van der Waals surface area contributed by atoms with Gasteiger partial charge < -0.3 is 4.74 Å². The van der Waals surface area contributed by atoms with E-state index in [1.165, 1.54) is 12.0 Å². The number of nitrogens with zero attached hydrogens (tertiary/aromatic N) is 3. The minimum Gasteiger partial charge on any atom is -0.469 e. The fraction of sp³-hybridized carbons (Fsp3) is 0.600. The average Bonchev–Trinajstić information content (AvgIpc) is 3.08. The lowest BCUT2D eigenvalue weighted by molar-refractivity contribution is -0.145. The summed E-state index contributed by atoms with van der Waals surface area (Å²) in [6.45, 7) is -0.156. The molecular weight excluding hydrogens is 447 g/mol. The maximum Gasteiger partial charge on any atom is 0.401 e. The van der Waals surface area contributed by atoms with Crippen molar-refractivity contribution in [3.8, 4) is 5.69 Å². The first kappa shape index (κ1) is 24.6. The molecule has 0 radical (unpaired) electrons. The second-order valence-corrected chi connectivity index (χ2v) is 9.49. The van der Waals surface area contributed by atoms with E-state index < -0.39 is 12.7 Å². The summed E-state index contributed by atoms with van der Waals surface area (Å²) in [5, 5.41) is 0. The number of carbonyl (C=O) groups is 1. The highest BCUT2D eigenvalue weighted by molar-refractivity contribution is 5.69. The molecule has 0 unspecified atom stereocenters. The van der Waals surface area contributed by atoms with Crippen molar-refractivity contribution >= 4 is 5.97 Å². The number of ether oxygens (including phenoxy) is 1. The van der Waals surface area contributed by atoms with Crippen LogP contribution < -0.4 is 5.69 Å². The Bertz CT molecular complexity index is 1050. The molecule has 0 N–H and O–H groups in total.